The van der Waals surface area contributed by atoms with Crippen LogP contribution >= 0.6 is 0 Å². The van der Waals surface area contributed by atoms with Gasteiger partial charge in [-0.2, -0.15) is 10.4 Å². The Morgan fingerprint density at radius 2 is 2.07 bits per heavy atom. The molecule has 2 fully saturated rings. The summed E-state index contributed by atoms with van der Waals surface area (Å²) in [6.45, 7) is 2.43. The van der Waals surface area contributed by atoms with E-state index in [1.165, 1.54) is 11.1 Å². The molecule has 4 rings (SSSR count). The molecule has 158 valence electrons. The van der Waals surface area contributed by atoms with Crippen LogP contribution in [-0.2, 0) is 6.54 Å². The zero-order valence-electron chi connectivity index (χ0n) is 17.2. The fraction of sp³-hybridized carbons (Fsp3) is 0.522. The van der Waals surface area contributed by atoms with Crippen molar-refractivity contribution in [3.05, 3.63) is 57.9 Å². The highest BCUT2D eigenvalue weighted by atomic mass is 16.3. The second kappa shape index (κ2) is 9.41. The van der Waals surface area contributed by atoms with Gasteiger partial charge >= 0.3 is 0 Å². The Labute approximate surface area is 176 Å². The molecule has 3 unspecified atom stereocenters. The monoisotopic (exact) mass is 407 g/mol. The van der Waals surface area contributed by atoms with Crippen molar-refractivity contribution in [1.82, 2.24) is 15.1 Å². The van der Waals surface area contributed by atoms with Gasteiger partial charge in [0.25, 0.3) is 5.56 Å². The van der Waals surface area contributed by atoms with Gasteiger partial charge in [0.1, 0.15) is 5.82 Å². The average Bonchev–Trinajstić information content (AvgIpc) is 3.20. The summed E-state index contributed by atoms with van der Waals surface area (Å²) in [5, 5.41) is 27.5. The van der Waals surface area contributed by atoms with Crippen molar-refractivity contribution in [1.29, 1.82) is 5.26 Å². The first-order valence-electron chi connectivity index (χ1n) is 10.9. The van der Waals surface area contributed by atoms with Gasteiger partial charge in [-0.1, -0.05) is 12.1 Å². The highest BCUT2D eigenvalue weighted by Gasteiger charge is 2.30. The van der Waals surface area contributed by atoms with Crippen LogP contribution in [-0.4, -0.2) is 40.1 Å². The third-order valence-electron chi connectivity index (χ3n) is 6.26. The molecular weight excluding hydrogens is 378 g/mol. The lowest BCUT2D eigenvalue weighted by molar-refractivity contribution is 0.127. The van der Waals surface area contributed by atoms with Crippen LogP contribution in [0, 0.1) is 11.3 Å². The normalized spacial score (nSPS) is 24.0. The molecule has 1 saturated carbocycles. The highest BCUT2D eigenvalue weighted by molar-refractivity contribution is 5.39. The van der Waals surface area contributed by atoms with E-state index < -0.39 is 6.10 Å². The summed E-state index contributed by atoms with van der Waals surface area (Å²) in [4.78, 5) is 14.7. The van der Waals surface area contributed by atoms with Crippen LogP contribution in [0.1, 0.15) is 55.7 Å². The van der Waals surface area contributed by atoms with Crippen molar-refractivity contribution in [2.75, 3.05) is 18.0 Å². The Morgan fingerprint density at radius 1 is 1.17 bits per heavy atom. The number of aliphatic hydroxyl groups excluding tert-OH is 1. The van der Waals surface area contributed by atoms with Crippen LogP contribution in [0.15, 0.2) is 41.2 Å². The summed E-state index contributed by atoms with van der Waals surface area (Å²) in [5.41, 5.74) is 1.63. The van der Waals surface area contributed by atoms with Gasteiger partial charge in [0, 0.05) is 31.7 Å². The lowest BCUT2D eigenvalue weighted by Crippen LogP contribution is -2.46. The summed E-state index contributed by atoms with van der Waals surface area (Å²) in [6.07, 6.45) is 5.30. The molecule has 0 spiro atoms. The molecular formula is C23H29N5O2. The van der Waals surface area contributed by atoms with E-state index in [1.54, 1.807) is 6.07 Å². The highest BCUT2D eigenvalue weighted by Crippen LogP contribution is 2.29. The van der Waals surface area contributed by atoms with Crippen LogP contribution in [0.25, 0.3) is 0 Å². The summed E-state index contributed by atoms with van der Waals surface area (Å²) < 4.78 is 1.50. The number of rotatable bonds is 6. The Bertz CT molecular complexity index is 967. The van der Waals surface area contributed by atoms with Crippen LogP contribution in [0.5, 0.6) is 0 Å². The number of nitrogens with one attached hydrogen (secondary N) is 1. The van der Waals surface area contributed by atoms with E-state index in [2.05, 4.69) is 21.4 Å². The maximum atomic E-state index is 12.4. The van der Waals surface area contributed by atoms with Crippen molar-refractivity contribution in [2.45, 2.75) is 63.3 Å². The van der Waals surface area contributed by atoms with E-state index in [-0.39, 0.29) is 11.6 Å². The van der Waals surface area contributed by atoms with Gasteiger partial charge in [-0.3, -0.25) is 4.79 Å². The fourth-order valence-corrected chi connectivity index (χ4v) is 4.66. The molecule has 1 aliphatic heterocycles. The lowest BCUT2D eigenvalue weighted by Gasteiger charge is -2.37. The molecule has 1 aromatic carbocycles. The number of hydrogen-bond acceptors (Lipinski definition) is 6. The topological polar surface area (TPSA) is 94.2 Å². The number of aliphatic hydroxyl groups is 1. The Kier molecular flexibility index (Phi) is 6.46. The maximum Gasteiger partial charge on any atom is 0.267 e. The summed E-state index contributed by atoms with van der Waals surface area (Å²) >= 11 is 0. The quantitative estimate of drug-likeness (QED) is 0.763. The first kappa shape index (κ1) is 20.6. The molecule has 30 heavy (non-hydrogen) atoms. The second-order valence-electron chi connectivity index (χ2n) is 8.33. The number of benzene rings is 1. The molecule has 0 bridgehead atoms. The van der Waals surface area contributed by atoms with Gasteiger partial charge in [-0.25, -0.2) is 4.68 Å². The molecule has 7 heteroatoms. The maximum absolute atomic E-state index is 12.4. The molecule has 1 aromatic heterocycles. The number of hydrogen-bond donors (Lipinski definition) is 2. The number of piperidine rings is 1. The minimum Gasteiger partial charge on any atom is -0.391 e. The van der Waals surface area contributed by atoms with Crippen LogP contribution in [0.3, 0.4) is 0 Å². The minimum atomic E-state index is -0.492. The third kappa shape index (κ3) is 4.55. The van der Waals surface area contributed by atoms with Crippen molar-refractivity contribution in [2.24, 2.45) is 0 Å². The Balaban J connectivity index is 1.46. The van der Waals surface area contributed by atoms with Crippen molar-refractivity contribution >= 4 is 5.82 Å². The molecule has 0 amide bonds. The first-order chi connectivity index (χ1) is 14.7. The zero-order chi connectivity index (χ0) is 20.9. The van der Waals surface area contributed by atoms with Gasteiger partial charge < -0.3 is 15.3 Å². The third-order valence-corrected chi connectivity index (χ3v) is 6.26. The summed E-state index contributed by atoms with van der Waals surface area (Å²) in [7, 11) is 0. The molecule has 7 nitrogen and oxygen atoms in total. The van der Waals surface area contributed by atoms with Gasteiger partial charge in [0.2, 0.25) is 0 Å². The molecule has 2 aliphatic rings. The zero-order valence-corrected chi connectivity index (χ0v) is 17.2. The summed E-state index contributed by atoms with van der Waals surface area (Å²) in [5.74, 6) is 0.812. The number of nitrogens with zero attached hydrogens (tertiary/aromatic N) is 4. The van der Waals surface area contributed by atoms with Crippen molar-refractivity contribution < 1.29 is 5.11 Å². The van der Waals surface area contributed by atoms with E-state index in [9.17, 15) is 9.90 Å². The fourth-order valence-electron chi connectivity index (χ4n) is 4.66. The van der Waals surface area contributed by atoms with E-state index in [0.717, 1.165) is 56.6 Å². The van der Waals surface area contributed by atoms with Crippen LogP contribution in [0.4, 0.5) is 5.82 Å². The molecule has 1 saturated heterocycles. The Morgan fingerprint density at radius 3 is 2.87 bits per heavy atom. The predicted molar refractivity (Wildman–Crippen MR) is 115 cm³/mol. The number of anilines is 1. The van der Waals surface area contributed by atoms with Crippen LogP contribution < -0.4 is 15.8 Å². The molecule has 2 N–H and O–H groups in total. The largest absolute Gasteiger partial charge is 0.391 e. The molecule has 0 radical (unpaired) electrons. The van der Waals surface area contributed by atoms with Gasteiger partial charge in [-0.05, 0) is 62.3 Å². The lowest BCUT2D eigenvalue weighted by atomic mass is 10.0. The summed E-state index contributed by atoms with van der Waals surface area (Å²) in [6, 6.07) is 13.3. The standard InChI is InChI=1S/C23H29N5O2/c24-14-17-5-3-6-18(13-17)15-25-16-19-7-1-2-12-27(19)22-10-11-23(30)28(26-22)20-8-4-9-21(20)29/h3,5-6,10-11,13,19-21,25,29H,1-2,4,7-9,12,15-16H2. The minimum absolute atomic E-state index is 0.145. The average molecular weight is 408 g/mol. The molecule has 3 atom stereocenters. The van der Waals surface area contributed by atoms with E-state index in [0.29, 0.717) is 18.2 Å². The molecule has 2 heterocycles. The van der Waals surface area contributed by atoms with Gasteiger partial charge in [-0.15, -0.1) is 0 Å². The van der Waals surface area contributed by atoms with Gasteiger partial charge in [0.05, 0.1) is 23.8 Å². The molecule has 2 aromatic rings. The number of nitriles is 1. The van der Waals surface area contributed by atoms with Crippen LogP contribution in [0.2, 0.25) is 0 Å². The smallest absolute Gasteiger partial charge is 0.267 e. The second-order valence-corrected chi connectivity index (χ2v) is 8.33. The van der Waals surface area contributed by atoms with E-state index in [4.69, 9.17) is 5.26 Å². The van der Waals surface area contributed by atoms with Crippen molar-refractivity contribution in [3.8, 4) is 6.07 Å². The number of aromatic nitrogens is 2. The first-order valence-corrected chi connectivity index (χ1v) is 10.9. The predicted octanol–water partition coefficient (Wildman–Crippen LogP) is 2.35. The van der Waals surface area contributed by atoms with Gasteiger partial charge in [0.15, 0.2) is 0 Å². The Hall–Kier alpha value is -2.69. The van der Waals surface area contributed by atoms with E-state index in [1.807, 2.05) is 30.3 Å². The van der Waals surface area contributed by atoms with E-state index >= 15 is 0 Å². The molecule has 1 aliphatic carbocycles. The SMILES string of the molecule is N#Cc1cccc(CNCC2CCCCN2c2ccc(=O)n(C3CCCC3O)n2)c1. The van der Waals surface area contributed by atoms with Crippen molar-refractivity contribution in [3.63, 3.8) is 0 Å².